The number of carbonyl (C=O) groups excluding carboxylic acids is 1. The zero-order valence-corrected chi connectivity index (χ0v) is 16.2. The summed E-state index contributed by atoms with van der Waals surface area (Å²) in [5, 5.41) is 6.00. The highest BCUT2D eigenvalue weighted by Crippen LogP contribution is 2.28. The van der Waals surface area contributed by atoms with Gasteiger partial charge in [-0.1, -0.05) is 17.3 Å². The van der Waals surface area contributed by atoms with E-state index in [2.05, 4.69) is 32.4 Å². The number of ether oxygens (including phenoxy) is 2. The van der Waals surface area contributed by atoms with Crippen LogP contribution in [0.25, 0.3) is 0 Å². The van der Waals surface area contributed by atoms with Crippen LogP contribution in [-0.4, -0.2) is 42.9 Å². The lowest BCUT2D eigenvalue weighted by atomic mass is 10.2. The largest absolute Gasteiger partial charge is 0.495 e. The normalized spacial score (nSPS) is 12.8. The number of methoxy groups -OCH3 is 1. The van der Waals surface area contributed by atoms with Crippen molar-refractivity contribution in [2.75, 3.05) is 32.2 Å². The lowest BCUT2D eigenvalue weighted by Crippen LogP contribution is -2.31. The second-order valence-electron chi connectivity index (χ2n) is 6.20. The molecule has 1 saturated carbocycles. The molecule has 2 amide bonds. The minimum absolute atomic E-state index is 0.296. The van der Waals surface area contributed by atoms with E-state index in [1.54, 1.807) is 19.5 Å². The average molecular weight is 386 g/mol. The highest BCUT2D eigenvalue weighted by Gasteiger charge is 2.20. The molecule has 2 aromatic rings. The predicted molar refractivity (Wildman–Crippen MR) is 104 cm³/mol. The van der Waals surface area contributed by atoms with Gasteiger partial charge in [0, 0.05) is 24.9 Å². The Kier molecular flexibility index (Phi) is 6.63. The van der Waals surface area contributed by atoms with Crippen molar-refractivity contribution in [3.8, 4) is 17.6 Å². The number of anilines is 1. The van der Waals surface area contributed by atoms with E-state index >= 15 is 0 Å². The van der Waals surface area contributed by atoms with Crippen LogP contribution in [0.4, 0.5) is 9.93 Å². The number of amides is 2. The maximum Gasteiger partial charge on any atom is 0.321 e. The SMILES string of the molecule is COc1cncc(C#Cc2sc(NC(=O)NCCOCC3CC3)nc2C)c1. The summed E-state index contributed by atoms with van der Waals surface area (Å²) in [6, 6.07) is 1.52. The smallest absolute Gasteiger partial charge is 0.321 e. The molecule has 3 rings (SSSR count). The summed E-state index contributed by atoms with van der Waals surface area (Å²) in [5.74, 6) is 7.49. The molecule has 0 unspecified atom stereocenters. The van der Waals surface area contributed by atoms with Gasteiger partial charge in [0.1, 0.15) is 10.6 Å². The number of pyridine rings is 1. The van der Waals surface area contributed by atoms with Gasteiger partial charge in [0.05, 0.1) is 25.6 Å². The van der Waals surface area contributed by atoms with Crippen LogP contribution in [0.2, 0.25) is 0 Å². The molecule has 2 heterocycles. The van der Waals surface area contributed by atoms with Crippen LogP contribution in [0.1, 0.15) is 29.0 Å². The third kappa shape index (κ3) is 6.24. The Labute approximate surface area is 162 Å². The molecule has 0 aliphatic heterocycles. The third-order valence-corrected chi connectivity index (χ3v) is 4.86. The molecule has 0 saturated heterocycles. The Balaban J connectivity index is 1.49. The molecule has 2 N–H and O–H groups in total. The molecule has 2 aromatic heterocycles. The molecule has 1 aliphatic rings. The van der Waals surface area contributed by atoms with Crippen molar-refractivity contribution in [1.29, 1.82) is 0 Å². The number of aryl methyl sites for hydroxylation is 1. The van der Waals surface area contributed by atoms with Crippen LogP contribution in [0.3, 0.4) is 0 Å². The van der Waals surface area contributed by atoms with Gasteiger partial charge in [-0.25, -0.2) is 9.78 Å². The van der Waals surface area contributed by atoms with E-state index < -0.39 is 0 Å². The van der Waals surface area contributed by atoms with E-state index in [0.717, 1.165) is 28.7 Å². The number of hydrogen-bond donors (Lipinski definition) is 2. The zero-order valence-electron chi connectivity index (χ0n) is 15.4. The molecule has 27 heavy (non-hydrogen) atoms. The van der Waals surface area contributed by atoms with Gasteiger partial charge in [-0.2, -0.15) is 0 Å². The van der Waals surface area contributed by atoms with E-state index in [4.69, 9.17) is 9.47 Å². The van der Waals surface area contributed by atoms with Crippen LogP contribution in [0.5, 0.6) is 5.75 Å². The minimum atomic E-state index is -0.296. The Morgan fingerprint density at radius 1 is 1.37 bits per heavy atom. The summed E-state index contributed by atoms with van der Waals surface area (Å²) in [6.07, 6.45) is 5.82. The summed E-state index contributed by atoms with van der Waals surface area (Å²) in [7, 11) is 1.59. The lowest BCUT2D eigenvalue weighted by molar-refractivity contribution is 0.127. The molecule has 0 atom stereocenters. The summed E-state index contributed by atoms with van der Waals surface area (Å²) in [5.41, 5.74) is 1.52. The number of carbonyl (C=O) groups is 1. The van der Waals surface area contributed by atoms with Crippen molar-refractivity contribution in [1.82, 2.24) is 15.3 Å². The summed E-state index contributed by atoms with van der Waals surface area (Å²) in [6.45, 7) is 3.64. The Bertz CT molecular complexity index is 852. The molecular formula is C19H22N4O3S. The Morgan fingerprint density at radius 2 is 2.22 bits per heavy atom. The fourth-order valence-electron chi connectivity index (χ4n) is 2.21. The molecule has 0 spiro atoms. The zero-order chi connectivity index (χ0) is 19.1. The molecule has 1 fully saturated rings. The fraction of sp³-hybridized carbons (Fsp3) is 0.421. The topological polar surface area (TPSA) is 85.4 Å². The molecule has 0 radical (unpaired) electrons. The van der Waals surface area contributed by atoms with Crippen molar-refractivity contribution in [3.63, 3.8) is 0 Å². The van der Waals surface area contributed by atoms with Crippen molar-refractivity contribution in [3.05, 3.63) is 34.6 Å². The predicted octanol–water partition coefficient (Wildman–Crippen LogP) is 2.80. The van der Waals surface area contributed by atoms with E-state index in [0.29, 0.717) is 24.0 Å². The quantitative estimate of drug-likeness (QED) is 0.565. The monoisotopic (exact) mass is 386 g/mol. The second-order valence-corrected chi connectivity index (χ2v) is 7.20. The Morgan fingerprint density at radius 3 is 3.00 bits per heavy atom. The van der Waals surface area contributed by atoms with Crippen LogP contribution in [0, 0.1) is 24.7 Å². The van der Waals surface area contributed by atoms with Gasteiger partial charge < -0.3 is 14.8 Å². The third-order valence-electron chi connectivity index (χ3n) is 3.87. The molecule has 8 heteroatoms. The van der Waals surface area contributed by atoms with Crippen LogP contribution < -0.4 is 15.4 Å². The molecule has 7 nitrogen and oxygen atoms in total. The second kappa shape index (κ2) is 9.35. The van der Waals surface area contributed by atoms with Gasteiger partial charge in [0.2, 0.25) is 0 Å². The summed E-state index contributed by atoms with van der Waals surface area (Å²) in [4.78, 5) is 21.1. The maximum absolute atomic E-state index is 11.9. The number of urea groups is 1. The van der Waals surface area contributed by atoms with Crippen molar-refractivity contribution in [2.45, 2.75) is 19.8 Å². The highest BCUT2D eigenvalue weighted by molar-refractivity contribution is 7.16. The van der Waals surface area contributed by atoms with E-state index in [-0.39, 0.29) is 6.03 Å². The first-order chi connectivity index (χ1) is 13.1. The molecule has 1 aliphatic carbocycles. The van der Waals surface area contributed by atoms with Gasteiger partial charge in [-0.15, -0.1) is 0 Å². The average Bonchev–Trinajstić information content (AvgIpc) is 3.42. The molecule has 142 valence electrons. The fourth-order valence-corrected chi connectivity index (χ4v) is 3.02. The van der Waals surface area contributed by atoms with Gasteiger partial charge in [0.25, 0.3) is 0 Å². The maximum atomic E-state index is 11.9. The molecule has 0 bridgehead atoms. The van der Waals surface area contributed by atoms with E-state index in [1.165, 1.54) is 24.2 Å². The summed E-state index contributed by atoms with van der Waals surface area (Å²) >= 11 is 1.33. The van der Waals surface area contributed by atoms with E-state index in [9.17, 15) is 4.79 Å². The number of aromatic nitrogens is 2. The van der Waals surface area contributed by atoms with Gasteiger partial charge in [-0.05, 0) is 37.7 Å². The number of nitrogens with zero attached hydrogens (tertiary/aromatic N) is 2. The van der Waals surface area contributed by atoms with Crippen molar-refractivity contribution in [2.24, 2.45) is 5.92 Å². The number of hydrogen-bond acceptors (Lipinski definition) is 6. The van der Waals surface area contributed by atoms with Crippen molar-refractivity contribution < 1.29 is 14.3 Å². The standard InChI is InChI=1S/C19H22N4O3S/c1-13-17(6-5-15-9-16(25-2)11-20-10-15)27-19(22-13)23-18(24)21-7-8-26-12-14-3-4-14/h9-11,14H,3-4,7-8,12H2,1-2H3,(H2,21,22,23,24). The van der Waals surface area contributed by atoms with Crippen LogP contribution in [-0.2, 0) is 4.74 Å². The van der Waals surface area contributed by atoms with Gasteiger partial charge in [0.15, 0.2) is 5.13 Å². The highest BCUT2D eigenvalue weighted by atomic mass is 32.1. The van der Waals surface area contributed by atoms with Crippen LogP contribution in [0.15, 0.2) is 18.5 Å². The number of nitrogens with one attached hydrogen (secondary N) is 2. The number of thiazole rings is 1. The Hall–Kier alpha value is -2.63. The van der Waals surface area contributed by atoms with Gasteiger partial charge >= 0.3 is 6.03 Å². The first kappa shape index (κ1) is 19.1. The summed E-state index contributed by atoms with van der Waals surface area (Å²) < 4.78 is 10.6. The van der Waals surface area contributed by atoms with E-state index in [1.807, 2.05) is 13.0 Å². The molecule has 0 aromatic carbocycles. The minimum Gasteiger partial charge on any atom is -0.495 e. The number of rotatable bonds is 7. The lowest BCUT2D eigenvalue weighted by Gasteiger charge is -2.05. The van der Waals surface area contributed by atoms with Crippen molar-refractivity contribution >= 4 is 22.5 Å². The molecular weight excluding hydrogens is 364 g/mol. The van der Waals surface area contributed by atoms with Gasteiger partial charge in [-0.3, -0.25) is 10.3 Å². The van der Waals surface area contributed by atoms with Crippen LogP contribution >= 0.6 is 11.3 Å². The first-order valence-electron chi connectivity index (χ1n) is 8.75. The first-order valence-corrected chi connectivity index (χ1v) is 9.57.